The van der Waals surface area contributed by atoms with Gasteiger partial charge in [-0.05, 0) is 12.1 Å². The van der Waals surface area contributed by atoms with E-state index in [1.807, 2.05) is 5.38 Å². The second-order valence-electron chi connectivity index (χ2n) is 3.83. The van der Waals surface area contributed by atoms with Crippen molar-refractivity contribution >= 4 is 28.4 Å². The highest BCUT2D eigenvalue weighted by Gasteiger charge is 2.16. The molecule has 6 heteroatoms. The maximum atomic E-state index is 11.1. The van der Waals surface area contributed by atoms with Crippen molar-refractivity contribution < 1.29 is 19.1 Å². The van der Waals surface area contributed by atoms with Gasteiger partial charge in [-0.15, -0.1) is 11.3 Å². The molecule has 0 unspecified atom stereocenters. The number of aromatic carboxylic acids is 1. The number of thiophene rings is 1. The number of hydrogen-bond acceptors (Lipinski definition) is 5. The summed E-state index contributed by atoms with van der Waals surface area (Å²) in [6.45, 7) is 0. The SMILES string of the molecule is COc1csc(-c2nc3c(C(=O)O)cccc3o2)c1. The Morgan fingerprint density at radius 1 is 1.47 bits per heavy atom. The van der Waals surface area contributed by atoms with E-state index < -0.39 is 5.97 Å². The number of ether oxygens (including phenoxy) is 1. The summed E-state index contributed by atoms with van der Waals surface area (Å²) >= 11 is 1.43. The van der Waals surface area contributed by atoms with Gasteiger partial charge in [0.05, 0.1) is 17.6 Å². The number of benzene rings is 1. The molecular formula is C13H9NO4S. The third-order valence-corrected chi connectivity index (χ3v) is 3.57. The van der Waals surface area contributed by atoms with Crippen LogP contribution in [-0.2, 0) is 0 Å². The molecule has 0 fully saturated rings. The topological polar surface area (TPSA) is 72.6 Å². The van der Waals surface area contributed by atoms with Gasteiger partial charge in [0.1, 0.15) is 11.3 Å². The van der Waals surface area contributed by atoms with E-state index in [0.717, 1.165) is 10.6 Å². The quantitative estimate of drug-likeness (QED) is 0.794. The summed E-state index contributed by atoms with van der Waals surface area (Å²) in [6.07, 6.45) is 0. The summed E-state index contributed by atoms with van der Waals surface area (Å²) in [5, 5.41) is 10.9. The van der Waals surface area contributed by atoms with E-state index in [9.17, 15) is 4.79 Å². The van der Waals surface area contributed by atoms with Gasteiger partial charge < -0.3 is 14.3 Å². The standard InChI is InChI=1S/C13H9NO4S/c1-17-7-5-10(19-6-7)12-14-11-8(13(15)16)3-2-4-9(11)18-12/h2-6H,1H3,(H,15,16). The Bertz CT molecular complexity index is 759. The lowest BCUT2D eigenvalue weighted by Crippen LogP contribution is -1.96. The first kappa shape index (κ1) is 11.7. The third-order valence-electron chi connectivity index (χ3n) is 2.67. The van der Waals surface area contributed by atoms with Crippen molar-refractivity contribution in [2.45, 2.75) is 0 Å². The average molecular weight is 275 g/mol. The van der Waals surface area contributed by atoms with Crippen LogP contribution in [0.15, 0.2) is 34.1 Å². The van der Waals surface area contributed by atoms with E-state index >= 15 is 0 Å². The number of carboxylic acids is 1. The van der Waals surface area contributed by atoms with Gasteiger partial charge in [0.2, 0.25) is 5.89 Å². The van der Waals surface area contributed by atoms with Crippen LogP contribution in [0.3, 0.4) is 0 Å². The zero-order valence-corrected chi connectivity index (χ0v) is 10.7. The van der Waals surface area contributed by atoms with E-state index in [2.05, 4.69) is 4.98 Å². The Morgan fingerprint density at radius 2 is 2.32 bits per heavy atom. The lowest BCUT2D eigenvalue weighted by atomic mass is 10.2. The summed E-state index contributed by atoms with van der Waals surface area (Å²) in [7, 11) is 1.58. The number of fused-ring (bicyclic) bond motifs is 1. The van der Waals surface area contributed by atoms with Gasteiger partial charge in [-0.3, -0.25) is 0 Å². The number of carbonyl (C=O) groups is 1. The van der Waals surface area contributed by atoms with Crippen molar-refractivity contribution in [3.8, 4) is 16.5 Å². The molecule has 0 aliphatic carbocycles. The first-order valence-electron chi connectivity index (χ1n) is 5.45. The number of nitrogens with zero attached hydrogens (tertiary/aromatic N) is 1. The Morgan fingerprint density at radius 3 is 3.00 bits per heavy atom. The fourth-order valence-corrected chi connectivity index (χ4v) is 2.54. The van der Waals surface area contributed by atoms with Crippen LogP contribution in [0.1, 0.15) is 10.4 Å². The minimum Gasteiger partial charge on any atom is -0.496 e. The number of oxazole rings is 1. The molecule has 0 aliphatic rings. The highest BCUT2D eigenvalue weighted by molar-refractivity contribution is 7.13. The summed E-state index contributed by atoms with van der Waals surface area (Å²) in [4.78, 5) is 16.2. The number of aromatic nitrogens is 1. The molecule has 5 nitrogen and oxygen atoms in total. The van der Waals surface area contributed by atoms with Crippen LogP contribution in [0.4, 0.5) is 0 Å². The minimum atomic E-state index is -1.02. The van der Waals surface area contributed by atoms with Crippen LogP contribution < -0.4 is 4.74 Å². The molecule has 0 spiro atoms. The lowest BCUT2D eigenvalue weighted by molar-refractivity contribution is 0.0699. The first-order valence-corrected chi connectivity index (χ1v) is 6.33. The van der Waals surface area contributed by atoms with Crippen LogP contribution in [0.25, 0.3) is 21.9 Å². The van der Waals surface area contributed by atoms with Crippen molar-refractivity contribution in [3.05, 3.63) is 35.2 Å². The molecular weight excluding hydrogens is 266 g/mol. The number of hydrogen-bond donors (Lipinski definition) is 1. The monoisotopic (exact) mass is 275 g/mol. The smallest absolute Gasteiger partial charge is 0.338 e. The predicted octanol–water partition coefficient (Wildman–Crippen LogP) is 3.26. The normalized spacial score (nSPS) is 10.8. The first-order chi connectivity index (χ1) is 9.19. The second kappa shape index (κ2) is 4.40. The van der Waals surface area contributed by atoms with Crippen molar-refractivity contribution in [3.63, 3.8) is 0 Å². The molecule has 3 aromatic rings. The molecule has 0 radical (unpaired) electrons. The van der Waals surface area contributed by atoms with Gasteiger partial charge in [0, 0.05) is 11.4 Å². The fourth-order valence-electron chi connectivity index (χ4n) is 1.76. The molecule has 0 amide bonds. The molecule has 96 valence electrons. The van der Waals surface area contributed by atoms with E-state index in [-0.39, 0.29) is 5.56 Å². The second-order valence-corrected chi connectivity index (χ2v) is 4.74. The molecule has 2 heterocycles. The van der Waals surface area contributed by atoms with Crippen LogP contribution in [0, 0.1) is 0 Å². The Hall–Kier alpha value is -2.34. The van der Waals surface area contributed by atoms with Gasteiger partial charge in [0.25, 0.3) is 0 Å². The van der Waals surface area contributed by atoms with Crippen LogP contribution in [-0.4, -0.2) is 23.2 Å². The summed E-state index contributed by atoms with van der Waals surface area (Å²) in [6, 6.07) is 6.64. The summed E-state index contributed by atoms with van der Waals surface area (Å²) in [5.74, 6) is 0.104. The Labute approximate surface area is 112 Å². The van der Waals surface area contributed by atoms with E-state index in [4.69, 9.17) is 14.3 Å². The van der Waals surface area contributed by atoms with Crippen molar-refractivity contribution in [2.24, 2.45) is 0 Å². The fraction of sp³-hybridized carbons (Fsp3) is 0.0769. The van der Waals surface area contributed by atoms with Crippen LogP contribution >= 0.6 is 11.3 Å². The average Bonchev–Trinajstić information content (AvgIpc) is 3.03. The molecule has 1 N–H and O–H groups in total. The van der Waals surface area contributed by atoms with Gasteiger partial charge in [0.15, 0.2) is 5.58 Å². The van der Waals surface area contributed by atoms with Gasteiger partial charge in [-0.2, -0.15) is 0 Å². The highest BCUT2D eigenvalue weighted by atomic mass is 32.1. The Balaban J connectivity index is 2.16. The molecule has 0 atom stereocenters. The Kier molecular flexibility index (Phi) is 2.72. The van der Waals surface area contributed by atoms with E-state index in [0.29, 0.717) is 17.0 Å². The van der Waals surface area contributed by atoms with Crippen molar-refractivity contribution in [1.82, 2.24) is 4.98 Å². The van der Waals surface area contributed by atoms with Gasteiger partial charge >= 0.3 is 5.97 Å². The third kappa shape index (κ3) is 1.96. The molecule has 19 heavy (non-hydrogen) atoms. The molecule has 0 saturated heterocycles. The van der Waals surface area contributed by atoms with Crippen LogP contribution in [0.2, 0.25) is 0 Å². The lowest BCUT2D eigenvalue weighted by Gasteiger charge is -1.92. The maximum absolute atomic E-state index is 11.1. The van der Waals surface area contributed by atoms with E-state index in [1.165, 1.54) is 17.4 Å². The molecule has 0 aliphatic heterocycles. The van der Waals surface area contributed by atoms with Gasteiger partial charge in [-0.1, -0.05) is 6.07 Å². The number of carboxylic acid groups (broad SMARTS) is 1. The summed E-state index contributed by atoms with van der Waals surface area (Å²) < 4.78 is 10.7. The minimum absolute atomic E-state index is 0.135. The molecule has 1 aromatic carbocycles. The van der Waals surface area contributed by atoms with Crippen LogP contribution in [0.5, 0.6) is 5.75 Å². The molecule has 0 saturated carbocycles. The van der Waals surface area contributed by atoms with Crippen molar-refractivity contribution in [1.29, 1.82) is 0 Å². The van der Waals surface area contributed by atoms with Gasteiger partial charge in [-0.25, -0.2) is 9.78 Å². The maximum Gasteiger partial charge on any atom is 0.338 e. The molecule has 0 bridgehead atoms. The number of methoxy groups -OCH3 is 1. The number of rotatable bonds is 3. The molecule has 3 rings (SSSR count). The predicted molar refractivity (Wildman–Crippen MR) is 70.8 cm³/mol. The zero-order chi connectivity index (χ0) is 13.4. The van der Waals surface area contributed by atoms with E-state index in [1.54, 1.807) is 25.3 Å². The summed E-state index contributed by atoms with van der Waals surface area (Å²) in [5.41, 5.74) is 0.954. The molecule has 2 aromatic heterocycles. The largest absolute Gasteiger partial charge is 0.496 e. The zero-order valence-electron chi connectivity index (χ0n) is 9.91. The number of para-hydroxylation sites is 1. The van der Waals surface area contributed by atoms with Crippen molar-refractivity contribution in [2.75, 3.05) is 7.11 Å². The highest BCUT2D eigenvalue weighted by Crippen LogP contribution is 2.33.